The van der Waals surface area contributed by atoms with Crippen LogP contribution in [0.5, 0.6) is 11.5 Å². The van der Waals surface area contributed by atoms with Crippen molar-refractivity contribution in [3.8, 4) is 11.5 Å². The molecule has 0 heterocycles. The van der Waals surface area contributed by atoms with Crippen LogP contribution < -0.4 is 9.47 Å². The molecule has 8 heteroatoms. The fourth-order valence-electron chi connectivity index (χ4n) is 2.79. The SMILES string of the molecule is C=C(C)C(=O)OC[C-](CCOc1ccc(/C=C/c2ccc(OC(=O)C(=C)C)cc2)cc1)COC(=O)C(=C)C.[Y]. The number of esters is 3. The summed E-state index contributed by atoms with van der Waals surface area (Å²) in [6.45, 7) is 15.7. The van der Waals surface area contributed by atoms with Crippen LogP contribution in [0.4, 0.5) is 0 Å². The summed E-state index contributed by atoms with van der Waals surface area (Å²) in [6, 6.07) is 14.7. The zero-order valence-electron chi connectivity index (χ0n) is 22.7. The molecular weight excluding hydrogens is 573 g/mol. The van der Waals surface area contributed by atoms with Crippen molar-refractivity contribution in [2.75, 3.05) is 19.8 Å². The molecule has 39 heavy (non-hydrogen) atoms. The van der Waals surface area contributed by atoms with Crippen LogP contribution in [-0.2, 0) is 56.6 Å². The van der Waals surface area contributed by atoms with Gasteiger partial charge in [-0.2, -0.15) is 0 Å². The molecule has 0 atom stereocenters. The van der Waals surface area contributed by atoms with Gasteiger partial charge in [-0.05, 0) is 69.4 Å². The van der Waals surface area contributed by atoms with Gasteiger partial charge in [0.25, 0.3) is 0 Å². The van der Waals surface area contributed by atoms with E-state index in [0.717, 1.165) is 11.1 Å². The van der Waals surface area contributed by atoms with Crippen molar-refractivity contribution < 1.29 is 66.0 Å². The Morgan fingerprint density at radius 1 is 0.692 bits per heavy atom. The van der Waals surface area contributed by atoms with Gasteiger partial charge in [-0.3, -0.25) is 0 Å². The third kappa shape index (κ3) is 12.9. The minimum atomic E-state index is -0.513. The van der Waals surface area contributed by atoms with Gasteiger partial charge >= 0.3 is 17.9 Å². The van der Waals surface area contributed by atoms with Crippen molar-refractivity contribution in [3.63, 3.8) is 0 Å². The van der Waals surface area contributed by atoms with Gasteiger partial charge < -0.3 is 18.9 Å². The van der Waals surface area contributed by atoms with Gasteiger partial charge in [-0.25, -0.2) is 20.3 Å². The molecule has 2 aromatic carbocycles. The number of rotatable bonds is 14. The Kier molecular flexibility index (Phi) is 15.0. The van der Waals surface area contributed by atoms with Gasteiger partial charge in [0.2, 0.25) is 0 Å². The summed E-state index contributed by atoms with van der Waals surface area (Å²) in [5.41, 5.74) is 2.83. The number of hydrogen-bond acceptors (Lipinski definition) is 7. The molecule has 2 aromatic rings. The second-order valence-electron chi connectivity index (χ2n) is 8.70. The average Bonchev–Trinajstić information content (AvgIpc) is 2.89. The van der Waals surface area contributed by atoms with Gasteiger partial charge in [0.15, 0.2) is 0 Å². The predicted molar refractivity (Wildman–Crippen MR) is 147 cm³/mol. The van der Waals surface area contributed by atoms with Crippen molar-refractivity contribution in [3.05, 3.63) is 102 Å². The number of ether oxygens (including phenoxy) is 4. The normalized spacial score (nSPS) is 10.4. The standard InChI is InChI=1S/C31H33O7.Y/c1-21(2)29(32)36-19-26(20-37-30(33)22(3)4)17-18-35-27-13-9-24(10-14-27)7-8-25-11-15-28(16-12-25)38-31(34)23(5)6;/h7-16H,1,3,5,17-20H2,2,4,6H3;/q-1;/b8-7+;. The van der Waals surface area contributed by atoms with E-state index in [4.69, 9.17) is 18.9 Å². The zero-order valence-corrected chi connectivity index (χ0v) is 25.5. The van der Waals surface area contributed by atoms with E-state index in [1.165, 1.54) is 0 Å². The Bertz CT molecular complexity index is 1160. The van der Waals surface area contributed by atoms with E-state index in [-0.39, 0.29) is 57.1 Å². The summed E-state index contributed by atoms with van der Waals surface area (Å²) in [5.74, 6) is 0.334. The summed E-state index contributed by atoms with van der Waals surface area (Å²) in [6.07, 6.45) is 4.32. The maximum absolute atomic E-state index is 11.7. The number of hydrogen-bond donors (Lipinski definition) is 0. The number of benzene rings is 2. The summed E-state index contributed by atoms with van der Waals surface area (Å²) in [4.78, 5) is 35.0. The van der Waals surface area contributed by atoms with Crippen molar-refractivity contribution in [1.29, 1.82) is 0 Å². The van der Waals surface area contributed by atoms with Gasteiger partial charge in [0, 0.05) is 49.4 Å². The molecule has 0 amide bonds. The van der Waals surface area contributed by atoms with Gasteiger partial charge in [-0.15, -0.1) is 6.42 Å². The molecule has 0 saturated carbocycles. The molecule has 1 radical (unpaired) electrons. The first-order valence-electron chi connectivity index (χ1n) is 11.9. The van der Waals surface area contributed by atoms with E-state index in [0.29, 0.717) is 36.0 Å². The molecule has 0 aromatic heterocycles. The molecular formula is C31H33O7Y-. The van der Waals surface area contributed by atoms with E-state index in [9.17, 15) is 14.4 Å². The number of carbonyl (C=O) groups excluding carboxylic acids is 3. The molecule has 2 rings (SSSR count). The van der Waals surface area contributed by atoms with Crippen LogP contribution in [-0.4, -0.2) is 37.7 Å². The fraction of sp³-hybridized carbons (Fsp3) is 0.226. The first-order valence-corrected chi connectivity index (χ1v) is 11.9. The molecule has 0 N–H and O–H groups in total. The molecule has 7 nitrogen and oxygen atoms in total. The van der Waals surface area contributed by atoms with E-state index < -0.39 is 17.9 Å². The molecule has 203 valence electrons. The van der Waals surface area contributed by atoms with Crippen molar-refractivity contribution in [2.24, 2.45) is 0 Å². The quantitative estimate of drug-likeness (QED) is 0.0868. The molecule has 0 unspecified atom stereocenters. The molecule has 0 aliphatic rings. The van der Waals surface area contributed by atoms with E-state index in [2.05, 4.69) is 19.7 Å². The first kappa shape index (κ1) is 33.7. The van der Waals surface area contributed by atoms with Crippen LogP contribution in [0.25, 0.3) is 12.2 Å². The van der Waals surface area contributed by atoms with Gasteiger partial charge in [-0.1, -0.05) is 56.2 Å². The summed E-state index contributed by atoms with van der Waals surface area (Å²) < 4.78 is 21.4. The topological polar surface area (TPSA) is 88.1 Å². The van der Waals surface area contributed by atoms with Crippen molar-refractivity contribution in [1.82, 2.24) is 0 Å². The fourth-order valence-corrected chi connectivity index (χ4v) is 2.79. The van der Waals surface area contributed by atoms with Gasteiger partial charge in [0.1, 0.15) is 11.5 Å². The molecule has 0 fully saturated rings. The molecule has 0 saturated heterocycles. The minimum Gasteiger partial charge on any atom is -0.496 e. The second-order valence-corrected chi connectivity index (χ2v) is 8.70. The Morgan fingerprint density at radius 2 is 1.10 bits per heavy atom. The second kappa shape index (κ2) is 17.3. The Labute approximate surface area is 255 Å². The minimum absolute atomic E-state index is 0. The van der Waals surface area contributed by atoms with E-state index in [1.54, 1.807) is 32.9 Å². The first-order chi connectivity index (χ1) is 18.0. The number of carbonyl (C=O) groups is 3. The third-order valence-corrected chi connectivity index (χ3v) is 5.02. The van der Waals surface area contributed by atoms with Crippen LogP contribution in [0, 0.1) is 5.92 Å². The Balaban J connectivity index is 0.00000760. The summed E-state index contributed by atoms with van der Waals surface area (Å²) in [5, 5.41) is 0. The van der Waals surface area contributed by atoms with Crippen LogP contribution in [0.1, 0.15) is 38.3 Å². The van der Waals surface area contributed by atoms with E-state index >= 15 is 0 Å². The Morgan fingerprint density at radius 3 is 1.51 bits per heavy atom. The zero-order chi connectivity index (χ0) is 28.1. The predicted octanol–water partition coefficient (Wildman–Crippen LogP) is 5.92. The molecule has 0 aliphatic heterocycles. The van der Waals surface area contributed by atoms with Crippen LogP contribution in [0.2, 0.25) is 0 Å². The average molecular weight is 607 g/mol. The maximum atomic E-state index is 11.7. The molecule has 0 bridgehead atoms. The molecule has 0 aliphatic carbocycles. The van der Waals surface area contributed by atoms with E-state index in [1.807, 2.05) is 48.6 Å². The molecule has 0 spiro atoms. The third-order valence-electron chi connectivity index (χ3n) is 5.02. The monoisotopic (exact) mass is 606 g/mol. The van der Waals surface area contributed by atoms with Crippen LogP contribution in [0.15, 0.2) is 85.0 Å². The summed E-state index contributed by atoms with van der Waals surface area (Å²) in [7, 11) is 0. The van der Waals surface area contributed by atoms with Crippen molar-refractivity contribution in [2.45, 2.75) is 27.2 Å². The van der Waals surface area contributed by atoms with Gasteiger partial charge in [0.05, 0.1) is 6.61 Å². The van der Waals surface area contributed by atoms with Crippen LogP contribution >= 0.6 is 0 Å². The smallest absolute Gasteiger partial charge is 0.338 e. The Hall–Kier alpha value is -3.29. The van der Waals surface area contributed by atoms with Crippen molar-refractivity contribution >= 4 is 30.1 Å². The van der Waals surface area contributed by atoms with Crippen LogP contribution in [0.3, 0.4) is 0 Å². The largest absolute Gasteiger partial charge is 0.496 e. The summed E-state index contributed by atoms with van der Waals surface area (Å²) >= 11 is 0. The maximum Gasteiger partial charge on any atom is 0.338 e.